The first-order chi connectivity index (χ1) is 8.75. The van der Waals surface area contributed by atoms with E-state index in [1.165, 1.54) is 12.8 Å². The second-order valence-corrected chi connectivity index (χ2v) is 4.69. The fraction of sp³-hybridized carbons (Fsp3) is 0.286. The van der Waals surface area contributed by atoms with Crippen LogP contribution >= 0.6 is 0 Å². The summed E-state index contributed by atoms with van der Waals surface area (Å²) < 4.78 is 5.87. The standard InChI is InChI=1S/C14H15N3O/c15-14(16)11-7-17-12-4-2-1-3-10(12)13(11)18-8-9-5-6-9/h1-4,7,9H,5-6,8H2,(H3,15,16). The first-order valence-corrected chi connectivity index (χ1v) is 6.10. The average Bonchev–Trinajstić information content (AvgIpc) is 3.19. The fourth-order valence-corrected chi connectivity index (χ4v) is 1.95. The molecule has 0 spiro atoms. The van der Waals surface area contributed by atoms with Crippen LogP contribution in [-0.4, -0.2) is 17.4 Å². The number of fused-ring (bicyclic) bond motifs is 1. The number of rotatable bonds is 4. The number of hydrogen-bond donors (Lipinski definition) is 2. The van der Waals surface area contributed by atoms with E-state index in [4.69, 9.17) is 15.9 Å². The molecule has 0 amide bonds. The van der Waals surface area contributed by atoms with Gasteiger partial charge < -0.3 is 10.5 Å². The highest BCUT2D eigenvalue weighted by atomic mass is 16.5. The van der Waals surface area contributed by atoms with Crippen molar-refractivity contribution in [3.63, 3.8) is 0 Å². The van der Waals surface area contributed by atoms with Crippen LogP contribution in [0.5, 0.6) is 5.75 Å². The number of nitrogens with two attached hydrogens (primary N) is 1. The second kappa shape index (κ2) is 4.29. The Labute approximate surface area is 105 Å². The number of nitrogens with one attached hydrogen (secondary N) is 1. The van der Waals surface area contributed by atoms with Gasteiger partial charge in [0.05, 0.1) is 17.7 Å². The summed E-state index contributed by atoms with van der Waals surface area (Å²) in [6.45, 7) is 0.703. The number of nitrogen functional groups attached to an aromatic ring is 1. The zero-order valence-electron chi connectivity index (χ0n) is 10.0. The number of ether oxygens (including phenoxy) is 1. The number of aromatic nitrogens is 1. The number of hydrogen-bond acceptors (Lipinski definition) is 3. The highest BCUT2D eigenvalue weighted by Crippen LogP contribution is 2.33. The highest BCUT2D eigenvalue weighted by molar-refractivity contribution is 6.02. The molecule has 2 aromatic rings. The molecule has 0 bridgehead atoms. The predicted molar refractivity (Wildman–Crippen MR) is 71.0 cm³/mol. The monoisotopic (exact) mass is 241 g/mol. The normalized spacial score (nSPS) is 14.7. The minimum atomic E-state index is -0.000880. The average molecular weight is 241 g/mol. The van der Waals surface area contributed by atoms with Crippen LogP contribution in [0, 0.1) is 11.3 Å². The topological polar surface area (TPSA) is 72.0 Å². The van der Waals surface area contributed by atoms with Crippen molar-refractivity contribution in [2.75, 3.05) is 6.61 Å². The van der Waals surface area contributed by atoms with Gasteiger partial charge in [-0.05, 0) is 30.9 Å². The minimum absolute atomic E-state index is 0.000880. The molecule has 3 rings (SSSR count). The highest BCUT2D eigenvalue weighted by Gasteiger charge is 2.23. The van der Waals surface area contributed by atoms with Gasteiger partial charge in [0, 0.05) is 11.6 Å². The summed E-state index contributed by atoms with van der Waals surface area (Å²) >= 11 is 0. The second-order valence-electron chi connectivity index (χ2n) is 4.69. The summed E-state index contributed by atoms with van der Waals surface area (Å²) in [5.74, 6) is 1.36. The van der Waals surface area contributed by atoms with Crippen molar-refractivity contribution < 1.29 is 4.74 Å². The number of pyridine rings is 1. The molecule has 0 radical (unpaired) electrons. The molecule has 1 saturated carbocycles. The van der Waals surface area contributed by atoms with Gasteiger partial charge in [-0.25, -0.2) is 0 Å². The maximum atomic E-state index is 7.61. The first kappa shape index (κ1) is 11.0. The van der Waals surface area contributed by atoms with Crippen LogP contribution in [0.25, 0.3) is 10.9 Å². The molecule has 1 fully saturated rings. The molecule has 1 aliphatic rings. The van der Waals surface area contributed by atoms with E-state index in [-0.39, 0.29) is 5.84 Å². The van der Waals surface area contributed by atoms with Crippen molar-refractivity contribution in [3.8, 4) is 5.75 Å². The Morgan fingerprint density at radius 2 is 2.17 bits per heavy atom. The molecule has 4 nitrogen and oxygen atoms in total. The third-order valence-corrected chi connectivity index (χ3v) is 3.18. The Kier molecular flexibility index (Phi) is 2.63. The van der Waals surface area contributed by atoms with Crippen molar-refractivity contribution in [1.29, 1.82) is 5.41 Å². The molecule has 4 heteroatoms. The molecule has 1 heterocycles. The van der Waals surface area contributed by atoms with Gasteiger partial charge >= 0.3 is 0 Å². The van der Waals surface area contributed by atoms with Crippen molar-refractivity contribution in [1.82, 2.24) is 4.98 Å². The largest absolute Gasteiger partial charge is 0.492 e. The van der Waals surface area contributed by atoms with Crippen LogP contribution in [0.3, 0.4) is 0 Å². The van der Waals surface area contributed by atoms with E-state index in [9.17, 15) is 0 Å². The molecule has 1 aromatic heterocycles. The van der Waals surface area contributed by atoms with Crippen molar-refractivity contribution in [2.45, 2.75) is 12.8 Å². The molecule has 0 saturated heterocycles. The fourth-order valence-electron chi connectivity index (χ4n) is 1.95. The molecule has 3 N–H and O–H groups in total. The molecule has 1 aromatic carbocycles. The van der Waals surface area contributed by atoms with E-state index in [1.54, 1.807) is 6.20 Å². The Morgan fingerprint density at radius 1 is 1.39 bits per heavy atom. The SMILES string of the molecule is N=C(N)c1cnc2ccccc2c1OCC1CC1. The predicted octanol–water partition coefficient (Wildman–Crippen LogP) is 2.31. The zero-order valence-corrected chi connectivity index (χ0v) is 10.0. The number of amidine groups is 1. The Balaban J connectivity index is 2.08. The summed E-state index contributed by atoms with van der Waals surface area (Å²) in [4.78, 5) is 4.30. The molecule has 0 atom stereocenters. The lowest BCUT2D eigenvalue weighted by molar-refractivity contribution is 0.302. The van der Waals surface area contributed by atoms with E-state index in [1.807, 2.05) is 24.3 Å². The third-order valence-electron chi connectivity index (χ3n) is 3.18. The van der Waals surface area contributed by atoms with Gasteiger partial charge in [0.25, 0.3) is 0 Å². The number of nitrogens with zero attached hydrogens (tertiary/aromatic N) is 1. The third kappa shape index (κ3) is 2.01. The van der Waals surface area contributed by atoms with Crippen molar-refractivity contribution in [3.05, 3.63) is 36.0 Å². The van der Waals surface area contributed by atoms with Gasteiger partial charge in [0.15, 0.2) is 0 Å². The quantitative estimate of drug-likeness (QED) is 0.637. The maximum absolute atomic E-state index is 7.61. The van der Waals surface area contributed by atoms with Gasteiger partial charge in [-0.2, -0.15) is 0 Å². The first-order valence-electron chi connectivity index (χ1n) is 6.10. The number of para-hydroxylation sites is 1. The van der Waals surface area contributed by atoms with Gasteiger partial charge in [-0.15, -0.1) is 0 Å². The molecule has 1 aliphatic carbocycles. The van der Waals surface area contributed by atoms with Gasteiger partial charge in [0.2, 0.25) is 0 Å². The zero-order chi connectivity index (χ0) is 12.5. The summed E-state index contributed by atoms with van der Waals surface area (Å²) in [7, 11) is 0. The molecule has 18 heavy (non-hydrogen) atoms. The lowest BCUT2D eigenvalue weighted by Crippen LogP contribution is -2.14. The summed E-state index contributed by atoms with van der Waals surface area (Å²) in [6.07, 6.45) is 4.09. The Hall–Kier alpha value is -2.10. The van der Waals surface area contributed by atoms with Crippen molar-refractivity contribution >= 4 is 16.7 Å². The Morgan fingerprint density at radius 3 is 2.89 bits per heavy atom. The molecule has 0 unspecified atom stereocenters. The van der Waals surface area contributed by atoms with Crippen molar-refractivity contribution in [2.24, 2.45) is 11.7 Å². The molecular weight excluding hydrogens is 226 g/mol. The molecule has 0 aliphatic heterocycles. The van der Waals surface area contributed by atoms with E-state index >= 15 is 0 Å². The van der Waals surface area contributed by atoms with Crippen LogP contribution < -0.4 is 10.5 Å². The molecule has 92 valence electrons. The Bertz CT molecular complexity index is 605. The van der Waals surface area contributed by atoms with E-state index in [2.05, 4.69) is 4.98 Å². The van der Waals surface area contributed by atoms with Crippen LogP contribution in [0.15, 0.2) is 30.5 Å². The van der Waals surface area contributed by atoms with Crippen LogP contribution in [0.1, 0.15) is 18.4 Å². The van der Waals surface area contributed by atoms with Gasteiger partial charge in [-0.1, -0.05) is 12.1 Å². The minimum Gasteiger partial charge on any atom is -0.492 e. The van der Waals surface area contributed by atoms with Gasteiger partial charge in [0.1, 0.15) is 11.6 Å². The lowest BCUT2D eigenvalue weighted by atomic mass is 10.1. The summed E-state index contributed by atoms with van der Waals surface area (Å²) in [5.41, 5.74) is 7.04. The van der Waals surface area contributed by atoms with E-state index in [0.717, 1.165) is 10.9 Å². The number of benzene rings is 1. The van der Waals surface area contributed by atoms with E-state index in [0.29, 0.717) is 23.8 Å². The van der Waals surface area contributed by atoms with Crippen LogP contribution in [0.4, 0.5) is 0 Å². The van der Waals surface area contributed by atoms with Gasteiger partial charge in [-0.3, -0.25) is 10.4 Å². The summed E-state index contributed by atoms with van der Waals surface area (Å²) in [5, 5.41) is 8.53. The van der Waals surface area contributed by atoms with Crippen LogP contribution in [-0.2, 0) is 0 Å². The lowest BCUT2D eigenvalue weighted by Gasteiger charge is -2.12. The summed E-state index contributed by atoms with van der Waals surface area (Å²) in [6, 6.07) is 7.77. The maximum Gasteiger partial charge on any atom is 0.141 e. The van der Waals surface area contributed by atoms with E-state index < -0.39 is 0 Å². The smallest absolute Gasteiger partial charge is 0.141 e. The molecular formula is C14H15N3O. The van der Waals surface area contributed by atoms with Crippen LogP contribution in [0.2, 0.25) is 0 Å².